The number of nitriles is 2. The number of rotatable bonds is 1. The maximum absolute atomic E-state index is 9.88. The molecule has 1 aliphatic carbocycles. The van der Waals surface area contributed by atoms with E-state index in [4.69, 9.17) is 10.5 Å². The van der Waals surface area contributed by atoms with Crippen molar-refractivity contribution in [3.05, 3.63) is 22.4 Å². The largest absolute Gasteiger partial charge is 0.327 e. The normalized spacial score (nSPS) is 44.7. The Labute approximate surface area is 124 Å². The molecule has 2 fully saturated rings. The quantitative estimate of drug-likeness (QED) is 0.744. The third kappa shape index (κ3) is 0.977. The molecule has 7 heteroatoms. The van der Waals surface area contributed by atoms with E-state index < -0.39 is 15.9 Å². The fraction of sp³-hybridized carbons (Fsp3) is 0.462. The van der Waals surface area contributed by atoms with Crippen LogP contribution in [0.5, 0.6) is 0 Å². The molecule has 1 saturated heterocycles. The first-order chi connectivity index (χ1) is 9.68. The lowest BCUT2D eigenvalue weighted by Gasteiger charge is -2.23. The molecule has 2 aliphatic heterocycles. The van der Waals surface area contributed by atoms with Crippen molar-refractivity contribution in [3.8, 4) is 12.1 Å². The van der Waals surface area contributed by atoms with Gasteiger partial charge in [-0.15, -0.1) is 11.3 Å². The van der Waals surface area contributed by atoms with Crippen LogP contribution < -0.4 is 10.7 Å². The number of ether oxygens (including phenoxy) is 1. The first kappa shape index (κ1) is 12.2. The average molecular weight is 303 g/mol. The van der Waals surface area contributed by atoms with E-state index in [0.29, 0.717) is 12.4 Å². The number of hydrogen-bond acceptors (Lipinski definition) is 6. The van der Waals surface area contributed by atoms with Crippen molar-refractivity contribution in [2.45, 2.75) is 11.0 Å². The standard InChI is InChI=1S/C13H10N4OS2/c14-6-11-9(8-2-1-4-19-8)12(11,7-15)13(17-10(11)16)18-3-5-20-13/h1-2,4,9H,3,5H2,(H2,16,17)/p+1/t9-,11-,12-,13-/m1/s1. The Hall–Kier alpha value is -1.54. The molecule has 0 unspecified atom stereocenters. The summed E-state index contributed by atoms with van der Waals surface area (Å²) in [6.07, 6.45) is 0. The molecular weight excluding hydrogens is 292 g/mol. The molecule has 4 atom stereocenters. The van der Waals surface area contributed by atoms with E-state index in [1.807, 2.05) is 17.5 Å². The van der Waals surface area contributed by atoms with Crippen LogP contribution in [-0.2, 0) is 4.74 Å². The van der Waals surface area contributed by atoms with Crippen LogP contribution >= 0.6 is 23.1 Å². The summed E-state index contributed by atoms with van der Waals surface area (Å²) < 4.78 is 5.86. The minimum atomic E-state index is -0.982. The van der Waals surface area contributed by atoms with Gasteiger partial charge in [-0.3, -0.25) is 5.73 Å². The minimum absolute atomic E-state index is 0.211. The monoisotopic (exact) mass is 303 g/mol. The van der Waals surface area contributed by atoms with Gasteiger partial charge in [0.25, 0.3) is 10.9 Å². The van der Waals surface area contributed by atoms with Crippen LogP contribution in [-0.4, -0.2) is 23.3 Å². The van der Waals surface area contributed by atoms with Crippen molar-refractivity contribution in [1.29, 1.82) is 10.5 Å². The third-order valence-corrected chi connectivity index (χ3v) is 6.78. The molecule has 1 aromatic heterocycles. The maximum atomic E-state index is 9.88. The summed E-state index contributed by atoms with van der Waals surface area (Å²) in [5.74, 6) is 0.953. The van der Waals surface area contributed by atoms with Crippen molar-refractivity contribution >= 4 is 28.9 Å². The highest BCUT2D eigenvalue weighted by Gasteiger charge is 2.96. The van der Waals surface area contributed by atoms with Crippen molar-refractivity contribution in [2.24, 2.45) is 16.6 Å². The highest BCUT2D eigenvalue weighted by atomic mass is 32.2. The topological polar surface area (TPSA) is 96.8 Å². The lowest BCUT2D eigenvalue weighted by molar-refractivity contribution is -0.583. The molecule has 20 heavy (non-hydrogen) atoms. The van der Waals surface area contributed by atoms with Gasteiger partial charge in [0.15, 0.2) is 10.8 Å². The van der Waals surface area contributed by atoms with Gasteiger partial charge in [-0.1, -0.05) is 17.8 Å². The van der Waals surface area contributed by atoms with Crippen molar-refractivity contribution < 1.29 is 9.73 Å². The zero-order valence-corrected chi connectivity index (χ0v) is 12.1. The Morgan fingerprint density at radius 2 is 2.30 bits per heavy atom. The molecule has 4 rings (SSSR count). The summed E-state index contributed by atoms with van der Waals surface area (Å²) in [5, 5.41) is 20.7. The number of hydrogen-bond donors (Lipinski definition) is 2. The number of thiophene rings is 1. The van der Waals surface area contributed by atoms with E-state index in [1.165, 1.54) is 0 Å². The zero-order chi connectivity index (χ0) is 14.0. The van der Waals surface area contributed by atoms with Crippen molar-refractivity contribution in [3.63, 3.8) is 0 Å². The fourth-order valence-electron chi connectivity index (χ4n) is 3.70. The second-order valence-electron chi connectivity index (χ2n) is 5.14. The van der Waals surface area contributed by atoms with E-state index >= 15 is 0 Å². The number of fused-ring (bicyclic) bond motifs is 2. The predicted molar refractivity (Wildman–Crippen MR) is 74.5 cm³/mol. The summed E-state index contributed by atoms with van der Waals surface area (Å²) in [4.78, 5) is 4.12. The number of nitrogens with zero attached hydrogens (tertiary/aromatic N) is 2. The van der Waals surface area contributed by atoms with Gasteiger partial charge in [0.05, 0.1) is 24.7 Å². The van der Waals surface area contributed by atoms with Crippen LogP contribution in [0.25, 0.3) is 0 Å². The molecule has 1 spiro atoms. The summed E-state index contributed by atoms with van der Waals surface area (Å²) >= 11 is 3.10. The van der Waals surface area contributed by atoms with E-state index in [9.17, 15) is 10.5 Å². The first-order valence-corrected chi connectivity index (χ1v) is 8.10. The van der Waals surface area contributed by atoms with Gasteiger partial charge in [0, 0.05) is 10.6 Å². The van der Waals surface area contributed by atoms with Crippen molar-refractivity contribution in [1.82, 2.24) is 0 Å². The highest BCUT2D eigenvalue weighted by molar-refractivity contribution is 8.00. The Bertz CT molecular complexity index is 695. The van der Waals surface area contributed by atoms with Gasteiger partial charge in [0.1, 0.15) is 0 Å². The third-order valence-electron chi connectivity index (χ3n) is 4.52. The fourth-order valence-corrected chi connectivity index (χ4v) is 6.02. The predicted octanol–water partition coefficient (Wildman–Crippen LogP) is -0.266. The molecule has 0 aromatic carbocycles. The number of thioether (sulfide) groups is 1. The lowest BCUT2D eigenvalue weighted by Crippen LogP contribution is -2.88. The molecule has 100 valence electrons. The average Bonchev–Trinajstić information content (AvgIpc) is 2.93. The Kier molecular flexibility index (Phi) is 2.17. The Morgan fingerprint density at radius 1 is 1.45 bits per heavy atom. The number of nitrogens with two attached hydrogens (primary N) is 1. The van der Waals surface area contributed by atoms with E-state index in [1.54, 1.807) is 23.1 Å². The SMILES string of the molecule is N#C[C@@]12[C@H](c3cccs3)[C@]1(C#N)C(N)=[NH+][C@@]21OCCS1. The zero-order valence-electron chi connectivity index (χ0n) is 10.4. The van der Waals surface area contributed by atoms with Crippen LogP contribution in [0.3, 0.4) is 0 Å². The van der Waals surface area contributed by atoms with E-state index in [-0.39, 0.29) is 5.92 Å². The minimum Gasteiger partial charge on any atom is -0.327 e. The Morgan fingerprint density at radius 3 is 2.85 bits per heavy atom. The Balaban J connectivity index is 1.96. The van der Waals surface area contributed by atoms with Gasteiger partial charge >= 0.3 is 0 Å². The van der Waals surface area contributed by atoms with Gasteiger partial charge in [-0.05, 0) is 11.4 Å². The van der Waals surface area contributed by atoms with E-state index in [0.717, 1.165) is 10.6 Å². The first-order valence-electron chi connectivity index (χ1n) is 6.23. The molecular formula is C13H11N4OS2+. The second-order valence-corrected chi connectivity index (χ2v) is 7.39. The van der Waals surface area contributed by atoms with Crippen LogP contribution in [0.1, 0.15) is 10.8 Å². The summed E-state index contributed by atoms with van der Waals surface area (Å²) in [6, 6.07) is 8.59. The van der Waals surface area contributed by atoms with Gasteiger partial charge in [-0.2, -0.15) is 10.5 Å². The van der Waals surface area contributed by atoms with Crippen LogP contribution in [0.15, 0.2) is 17.5 Å². The van der Waals surface area contributed by atoms with E-state index in [2.05, 4.69) is 17.1 Å². The smallest absolute Gasteiger partial charge is 0.277 e. The van der Waals surface area contributed by atoms with Crippen molar-refractivity contribution in [2.75, 3.05) is 12.4 Å². The lowest BCUT2D eigenvalue weighted by atomic mass is 9.95. The summed E-state index contributed by atoms with van der Waals surface area (Å²) in [5.41, 5.74) is 4.20. The molecule has 3 N–H and O–H groups in total. The maximum Gasteiger partial charge on any atom is 0.277 e. The van der Waals surface area contributed by atoms with Gasteiger partial charge in [0.2, 0.25) is 0 Å². The summed E-state index contributed by atoms with van der Waals surface area (Å²) in [7, 11) is 0. The molecule has 3 heterocycles. The molecule has 1 aromatic rings. The van der Waals surface area contributed by atoms with Crippen LogP contribution in [0.2, 0.25) is 0 Å². The van der Waals surface area contributed by atoms with Crippen LogP contribution in [0, 0.1) is 33.5 Å². The second kappa shape index (κ2) is 3.56. The molecule has 0 amide bonds. The molecule has 0 bridgehead atoms. The molecule has 5 nitrogen and oxygen atoms in total. The van der Waals surface area contributed by atoms with Gasteiger partial charge in [-0.25, -0.2) is 4.99 Å². The molecule has 3 aliphatic rings. The number of nitrogens with one attached hydrogen (secondary N) is 1. The highest BCUT2D eigenvalue weighted by Crippen LogP contribution is 2.80. The number of amidine groups is 1. The molecule has 0 radical (unpaired) electrons. The van der Waals surface area contributed by atoms with Gasteiger partial charge < -0.3 is 4.74 Å². The molecule has 1 saturated carbocycles. The van der Waals surface area contributed by atoms with Crippen LogP contribution in [0.4, 0.5) is 0 Å². The summed E-state index contributed by atoms with van der Waals surface area (Å²) in [6.45, 7) is 0.563.